The van der Waals surface area contributed by atoms with Crippen molar-refractivity contribution in [1.29, 1.82) is 0 Å². The van der Waals surface area contributed by atoms with Crippen molar-refractivity contribution in [3.63, 3.8) is 0 Å². The van der Waals surface area contributed by atoms with Crippen molar-refractivity contribution >= 4 is 17.5 Å². The zero-order valence-electron chi connectivity index (χ0n) is 8.01. The monoisotopic (exact) mass is 238 g/mol. The maximum absolute atomic E-state index is 11.6. The first kappa shape index (κ1) is 10.5. The Morgan fingerprint density at radius 3 is 3.12 bits per heavy atom. The van der Waals surface area contributed by atoms with Gasteiger partial charge < -0.3 is 5.32 Å². The van der Waals surface area contributed by atoms with Crippen LogP contribution in [0.4, 0.5) is 0 Å². The molecule has 2 aromatic heterocycles. The van der Waals surface area contributed by atoms with Gasteiger partial charge in [0.1, 0.15) is 5.69 Å². The molecule has 16 heavy (non-hydrogen) atoms. The largest absolute Gasteiger partial charge is 0.343 e. The number of tetrazole rings is 1. The summed E-state index contributed by atoms with van der Waals surface area (Å²) in [7, 11) is 0. The Hall–Kier alpha value is -2.02. The minimum atomic E-state index is -0.340. The Bertz CT molecular complexity index is 485. The van der Waals surface area contributed by atoms with Gasteiger partial charge in [-0.05, 0) is 12.1 Å². The molecule has 0 radical (unpaired) electrons. The molecule has 0 fully saturated rings. The van der Waals surface area contributed by atoms with E-state index in [-0.39, 0.29) is 18.1 Å². The molecule has 0 spiro atoms. The molecule has 0 saturated heterocycles. The third-order valence-corrected chi connectivity index (χ3v) is 1.99. The molecule has 1 amide bonds. The van der Waals surface area contributed by atoms with Gasteiger partial charge in [-0.15, -0.1) is 10.2 Å². The van der Waals surface area contributed by atoms with Crippen LogP contribution in [0.3, 0.4) is 0 Å². The van der Waals surface area contributed by atoms with E-state index in [4.69, 9.17) is 11.6 Å². The standard InChI is InChI=1S/C8H7ClN6O/c9-5-1-2-10-6(3-5)8(16)11-4-7-12-14-15-13-7/h1-3H,4H2,(H,11,16)(H,12,13,14,15). The van der Waals surface area contributed by atoms with E-state index < -0.39 is 0 Å². The smallest absolute Gasteiger partial charge is 0.270 e. The predicted molar refractivity (Wildman–Crippen MR) is 54.6 cm³/mol. The van der Waals surface area contributed by atoms with E-state index in [0.717, 1.165) is 0 Å². The van der Waals surface area contributed by atoms with E-state index in [1.807, 2.05) is 0 Å². The van der Waals surface area contributed by atoms with E-state index >= 15 is 0 Å². The van der Waals surface area contributed by atoms with E-state index in [1.165, 1.54) is 12.3 Å². The number of H-pyrrole nitrogens is 1. The molecule has 2 aromatic rings. The molecule has 2 rings (SSSR count). The van der Waals surface area contributed by atoms with Gasteiger partial charge in [0, 0.05) is 11.2 Å². The first-order valence-corrected chi connectivity index (χ1v) is 4.75. The highest BCUT2D eigenvalue weighted by molar-refractivity contribution is 6.30. The van der Waals surface area contributed by atoms with Crippen molar-refractivity contribution in [2.45, 2.75) is 6.54 Å². The van der Waals surface area contributed by atoms with Crippen molar-refractivity contribution < 1.29 is 4.79 Å². The number of amides is 1. The highest BCUT2D eigenvalue weighted by atomic mass is 35.5. The second-order valence-electron chi connectivity index (χ2n) is 2.87. The number of halogens is 1. The highest BCUT2D eigenvalue weighted by Gasteiger charge is 2.08. The first-order chi connectivity index (χ1) is 7.75. The van der Waals surface area contributed by atoms with Crippen LogP contribution in [0.2, 0.25) is 5.02 Å². The minimum absolute atomic E-state index is 0.184. The maximum atomic E-state index is 11.6. The van der Waals surface area contributed by atoms with E-state index in [1.54, 1.807) is 6.07 Å². The Kier molecular flexibility index (Phi) is 3.06. The zero-order chi connectivity index (χ0) is 11.4. The lowest BCUT2D eigenvalue weighted by Gasteiger charge is -2.01. The fraction of sp³-hybridized carbons (Fsp3) is 0.125. The van der Waals surface area contributed by atoms with Crippen LogP contribution in [0.15, 0.2) is 18.3 Å². The number of carbonyl (C=O) groups excluding carboxylic acids is 1. The summed E-state index contributed by atoms with van der Waals surface area (Å²) in [6, 6.07) is 3.07. The Morgan fingerprint density at radius 2 is 2.44 bits per heavy atom. The lowest BCUT2D eigenvalue weighted by Crippen LogP contribution is -2.24. The van der Waals surface area contributed by atoms with Gasteiger partial charge in [0.25, 0.3) is 5.91 Å². The van der Waals surface area contributed by atoms with E-state index in [2.05, 4.69) is 30.9 Å². The van der Waals surface area contributed by atoms with E-state index in [0.29, 0.717) is 10.8 Å². The Balaban J connectivity index is 1.98. The summed E-state index contributed by atoms with van der Waals surface area (Å²) in [5.41, 5.74) is 0.246. The number of nitrogens with one attached hydrogen (secondary N) is 2. The summed E-state index contributed by atoms with van der Waals surface area (Å²) in [4.78, 5) is 15.5. The van der Waals surface area contributed by atoms with Gasteiger partial charge in [-0.25, -0.2) is 0 Å². The highest BCUT2D eigenvalue weighted by Crippen LogP contribution is 2.07. The summed E-state index contributed by atoms with van der Waals surface area (Å²) in [5.74, 6) is 0.0580. The average Bonchev–Trinajstić information content (AvgIpc) is 2.78. The lowest BCUT2D eigenvalue weighted by molar-refractivity contribution is 0.0945. The van der Waals surface area contributed by atoms with Crippen LogP contribution in [0, 0.1) is 0 Å². The molecule has 0 saturated carbocycles. The van der Waals surface area contributed by atoms with Crippen LogP contribution in [0.25, 0.3) is 0 Å². The molecular formula is C8H7ClN6O. The van der Waals surface area contributed by atoms with Gasteiger partial charge >= 0.3 is 0 Å². The SMILES string of the molecule is O=C(NCc1nn[nH]n1)c1cc(Cl)ccn1. The fourth-order valence-corrected chi connectivity index (χ4v) is 1.20. The quantitative estimate of drug-likeness (QED) is 0.795. The number of hydrogen-bond acceptors (Lipinski definition) is 5. The topological polar surface area (TPSA) is 96.5 Å². The molecule has 8 heteroatoms. The minimum Gasteiger partial charge on any atom is -0.343 e. The number of rotatable bonds is 3. The number of hydrogen-bond donors (Lipinski definition) is 2. The molecule has 0 aliphatic heterocycles. The summed E-state index contributed by atoms with van der Waals surface area (Å²) in [6.07, 6.45) is 1.46. The van der Waals surface area contributed by atoms with Crippen LogP contribution in [0.5, 0.6) is 0 Å². The van der Waals surface area contributed by atoms with Crippen LogP contribution in [0.1, 0.15) is 16.3 Å². The van der Waals surface area contributed by atoms with Crippen LogP contribution < -0.4 is 5.32 Å². The number of aromatic nitrogens is 5. The van der Waals surface area contributed by atoms with Gasteiger partial charge in [0.2, 0.25) is 0 Å². The molecule has 0 aromatic carbocycles. The summed E-state index contributed by atoms with van der Waals surface area (Å²) in [5, 5.41) is 16.1. The lowest BCUT2D eigenvalue weighted by atomic mass is 10.3. The van der Waals surface area contributed by atoms with Gasteiger partial charge in [0.05, 0.1) is 6.54 Å². The Labute approximate surface area is 95.2 Å². The van der Waals surface area contributed by atoms with Crippen molar-refractivity contribution in [1.82, 2.24) is 30.9 Å². The number of carbonyl (C=O) groups is 1. The molecule has 7 nitrogen and oxygen atoms in total. The molecule has 82 valence electrons. The summed E-state index contributed by atoms with van der Waals surface area (Å²) < 4.78 is 0. The number of nitrogens with zero attached hydrogens (tertiary/aromatic N) is 4. The van der Waals surface area contributed by atoms with Crippen LogP contribution in [-0.4, -0.2) is 31.5 Å². The predicted octanol–water partition coefficient (Wildman–Crippen LogP) is 0.178. The van der Waals surface area contributed by atoms with Gasteiger partial charge in [-0.3, -0.25) is 9.78 Å². The molecule has 0 atom stereocenters. The second kappa shape index (κ2) is 4.67. The third kappa shape index (κ3) is 2.51. The molecule has 0 unspecified atom stereocenters. The number of aromatic amines is 1. The second-order valence-corrected chi connectivity index (χ2v) is 3.31. The van der Waals surface area contributed by atoms with Crippen molar-refractivity contribution in [3.8, 4) is 0 Å². The molecule has 0 bridgehead atoms. The van der Waals surface area contributed by atoms with Gasteiger partial charge in [-0.2, -0.15) is 5.21 Å². The molecule has 2 N–H and O–H groups in total. The summed E-state index contributed by atoms with van der Waals surface area (Å²) in [6.45, 7) is 0.184. The maximum Gasteiger partial charge on any atom is 0.270 e. The fourth-order valence-electron chi connectivity index (χ4n) is 1.04. The van der Waals surface area contributed by atoms with Gasteiger partial charge in [-0.1, -0.05) is 16.8 Å². The number of pyridine rings is 1. The van der Waals surface area contributed by atoms with Crippen molar-refractivity contribution in [2.24, 2.45) is 0 Å². The van der Waals surface area contributed by atoms with Crippen molar-refractivity contribution in [2.75, 3.05) is 0 Å². The summed E-state index contributed by atoms with van der Waals surface area (Å²) >= 11 is 5.73. The molecule has 0 aliphatic rings. The van der Waals surface area contributed by atoms with Crippen molar-refractivity contribution in [3.05, 3.63) is 34.9 Å². The van der Waals surface area contributed by atoms with Crippen LogP contribution in [-0.2, 0) is 6.54 Å². The van der Waals surface area contributed by atoms with Gasteiger partial charge in [0.15, 0.2) is 5.82 Å². The average molecular weight is 239 g/mol. The molecule has 0 aliphatic carbocycles. The van der Waals surface area contributed by atoms with Crippen LogP contribution >= 0.6 is 11.6 Å². The normalized spacial score (nSPS) is 10.1. The Morgan fingerprint density at radius 1 is 1.56 bits per heavy atom. The first-order valence-electron chi connectivity index (χ1n) is 4.38. The van der Waals surface area contributed by atoms with E-state index in [9.17, 15) is 4.79 Å². The molecular weight excluding hydrogens is 232 g/mol. The third-order valence-electron chi connectivity index (χ3n) is 1.75. The zero-order valence-corrected chi connectivity index (χ0v) is 8.77. The molecule has 2 heterocycles.